The monoisotopic (exact) mass is 490 g/mol. The molecule has 0 amide bonds. The van der Waals surface area contributed by atoms with Crippen molar-refractivity contribution in [3.63, 3.8) is 0 Å². The lowest BCUT2D eigenvalue weighted by molar-refractivity contribution is -0.142. The number of benzene rings is 1. The van der Waals surface area contributed by atoms with Crippen LogP contribution in [0.5, 0.6) is 0 Å². The SMILES string of the molecule is COC(=O)C(C)N(CC(=O)O)c1ccccc1C(=O)C(C)CS.NC12CC3CC(CC(C3)C1)C2. The summed E-state index contributed by atoms with van der Waals surface area (Å²) < 4.78 is 4.69. The summed E-state index contributed by atoms with van der Waals surface area (Å²) in [7, 11) is 1.23. The molecule has 3 N–H and O–H groups in total. The first-order chi connectivity index (χ1) is 16.1. The highest BCUT2D eigenvalue weighted by Crippen LogP contribution is 2.54. The molecule has 0 spiro atoms. The predicted octanol–water partition coefficient (Wildman–Crippen LogP) is 3.80. The molecule has 4 aliphatic rings. The van der Waals surface area contributed by atoms with E-state index in [4.69, 9.17) is 15.6 Å². The van der Waals surface area contributed by atoms with Crippen molar-refractivity contribution in [2.75, 3.05) is 24.3 Å². The average Bonchev–Trinajstić information content (AvgIpc) is 2.79. The molecule has 5 rings (SSSR count). The maximum Gasteiger partial charge on any atom is 0.328 e. The number of methoxy groups -OCH3 is 1. The maximum absolute atomic E-state index is 12.5. The second-order valence-electron chi connectivity index (χ2n) is 10.5. The zero-order valence-electron chi connectivity index (χ0n) is 20.4. The van der Waals surface area contributed by atoms with E-state index in [-0.39, 0.29) is 11.7 Å². The molecule has 0 heterocycles. The van der Waals surface area contributed by atoms with Gasteiger partial charge in [-0.25, -0.2) is 4.79 Å². The Kier molecular flexibility index (Phi) is 8.68. The van der Waals surface area contributed by atoms with Crippen LogP contribution in [-0.4, -0.2) is 53.8 Å². The number of ether oxygens (including phenoxy) is 1. The molecule has 1 aromatic rings. The number of aliphatic carboxylic acids is 1. The Labute approximate surface area is 207 Å². The zero-order valence-corrected chi connectivity index (χ0v) is 21.3. The molecule has 4 aliphatic carbocycles. The van der Waals surface area contributed by atoms with Gasteiger partial charge in [-0.2, -0.15) is 12.6 Å². The molecule has 0 saturated heterocycles. The van der Waals surface area contributed by atoms with Crippen LogP contribution < -0.4 is 10.6 Å². The van der Waals surface area contributed by atoms with E-state index in [1.54, 1.807) is 31.2 Å². The number of anilines is 1. The van der Waals surface area contributed by atoms with Gasteiger partial charge in [-0.15, -0.1) is 0 Å². The number of hydrogen-bond donors (Lipinski definition) is 3. The van der Waals surface area contributed by atoms with E-state index in [9.17, 15) is 14.4 Å². The standard InChI is InChI=1S/C16H21NO5S.C10H17N/c1-10(9-23)15(20)12-6-4-5-7-13(12)17(8-14(18)19)11(2)16(21)22-3;11-10-4-7-1-8(5-10)3-9(2-7)6-10/h4-7,10-11,23H,8-9H2,1-3H3,(H,18,19);7-9H,1-6,11H2. The number of nitrogens with zero attached hydrogens (tertiary/aromatic N) is 1. The van der Waals surface area contributed by atoms with E-state index in [1.165, 1.54) is 57.5 Å². The number of hydrogen-bond acceptors (Lipinski definition) is 7. The maximum atomic E-state index is 12.5. The number of nitrogens with two attached hydrogens (primary N) is 1. The van der Waals surface area contributed by atoms with Crippen molar-refractivity contribution in [3.8, 4) is 0 Å². The highest BCUT2D eigenvalue weighted by Gasteiger charge is 2.48. The summed E-state index contributed by atoms with van der Waals surface area (Å²) in [6, 6.07) is 5.80. The third-order valence-corrected chi connectivity index (χ3v) is 8.15. The lowest BCUT2D eigenvalue weighted by Crippen LogP contribution is -2.55. The topological polar surface area (TPSA) is 110 Å². The number of para-hydroxylation sites is 1. The fourth-order valence-electron chi connectivity index (χ4n) is 6.33. The Balaban J connectivity index is 0.000000239. The highest BCUT2D eigenvalue weighted by atomic mass is 32.1. The van der Waals surface area contributed by atoms with E-state index < -0.39 is 24.5 Å². The molecular formula is C26H38N2O5S. The molecule has 0 aromatic heterocycles. The van der Waals surface area contributed by atoms with Crippen LogP contribution in [0.2, 0.25) is 0 Å². The van der Waals surface area contributed by atoms with Gasteiger partial charge in [0, 0.05) is 28.5 Å². The summed E-state index contributed by atoms with van der Waals surface area (Å²) in [5.74, 6) is 1.28. The molecule has 2 atom stereocenters. The second-order valence-corrected chi connectivity index (χ2v) is 10.8. The van der Waals surface area contributed by atoms with Crippen LogP contribution in [0.15, 0.2) is 24.3 Å². The van der Waals surface area contributed by atoms with E-state index in [0.717, 1.165) is 17.8 Å². The molecule has 8 heteroatoms. The number of carboxylic acid groups (broad SMARTS) is 1. The summed E-state index contributed by atoms with van der Waals surface area (Å²) in [6.45, 7) is 2.87. The fourth-order valence-corrected chi connectivity index (χ4v) is 6.50. The van der Waals surface area contributed by atoms with Crippen molar-refractivity contribution in [1.29, 1.82) is 0 Å². The minimum Gasteiger partial charge on any atom is -0.480 e. The van der Waals surface area contributed by atoms with Gasteiger partial charge in [-0.05, 0) is 75.3 Å². The van der Waals surface area contributed by atoms with Crippen LogP contribution in [0.4, 0.5) is 5.69 Å². The van der Waals surface area contributed by atoms with Crippen molar-refractivity contribution in [1.82, 2.24) is 0 Å². The Morgan fingerprint density at radius 1 is 1.12 bits per heavy atom. The number of Topliss-reactive ketones (excluding diaryl/α,β-unsaturated/α-hetero) is 1. The van der Waals surface area contributed by atoms with Crippen molar-refractivity contribution in [3.05, 3.63) is 29.8 Å². The highest BCUT2D eigenvalue weighted by molar-refractivity contribution is 7.80. The van der Waals surface area contributed by atoms with Crippen LogP contribution in [0.25, 0.3) is 0 Å². The fraction of sp³-hybridized carbons (Fsp3) is 0.654. The third-order valence-electron chi connectivity index (χ3n) is 7.60. The molecular weight excluding hydrogens is 452 g/mol. The minimum absolute atomic E-state index is 0.150. The average molecular weight is 491 g/mol. The van der Waals surface area contributed by atoms with Crippen molar-refractivity contribution < 1.29 is 24.2 Å². The summed E-state index contributed by atoms with van der Waals surface area (Å²) in [5.41, 5.74) is 7.38. The van der Waals surface area contributed by atoms with Crippen molar-refractivity contribution >= 4 is 36.0 Å². The van der Waals surface area contributed by atoms with E-state index in [2.05, 4.69) is 12.6 Å². The first kappa shape index (κ1) is 26.5. The van der Waals surface area contributed by atoms with Gasteiger partial charge in [0.05, 0.1) is 7.11 Å². The van der Waals surface area contributed by atoms with Crippen LogP contribution in [0.3, 0.4) is 0 Å². The van der Waals surface area contributed by atoms with E-state index in [1.807, 2.05) is 0 Å². The summed E-state index contributed by atoms with van der Waals surface area (Å²) in [6.07, 6.45) is 8.57. The molecule has 4 saturated carbocycles. The van der Waals surface area contributed by atoms with E-state index in [0.29, 0.717) is 22.5 Å². The molecule has 4 bridgehead atoms. The van der Waals surface area contributed by atoms with Gasteiger partial charge >= 0.3 is 11.9 Å². The van der Waals surface area contributed by atoms with E-state index >= 15 is 0 Å². The first-order valence-electron chi connectivity index (χ1n) is 12.2. The molecule has 0 radical (unpaired) electrons. The zero-order chi connectivity index (χ0) is 25.0. The number of rotatable bonds is 8. The Hall–Kier alpha value is -2.06. The number of carboxylic acids is 1. The molecule has 34 heavy (non-hydrogen) atoms. The molecule has 0 aliphatic heterocycles. The lowest BCUT2D eigenvalue weighted by Gasteiger charge is -2.55. The molecule has 188 valence electrons. The van der Waals surface area contributed by atoms with Crippen LogP contribution in [0.1, 0.15) is 62.7 Å². The van der Waals surface area contributed by atoms with Crippen LogP contribution in [-0.2, 0) is 14.3 Å². The van der Waals surface area contributed by atoms with Gasteiger partial charge < -0.3 is 20.5 Å². The van der Waals surface area contributed by atoms with Gasteiger partial charge in [0.15, 0.2) is 5.78 Å². The van der Waals surface area contributed by atoms with Gasteiger partial charge in [-0.3, -0.25) is 9.59 Å². The lowest BCUT2D eigenvalue weighted by atomic mass is 9.53. The number of esters is 1. The predicted molar refractivity (Wildman–Crippen MR) is 135 cm³/mol. The molecule has 1 aromatic carbocycles. The summed E-state index contributed by atoms with van der Waals surface area (Å²) in [5, 5.41) is 9.14. The largest absolute Gasteiger partial charge is 0.480 e. The quantitative estimate of drug-likeness (QED) is 0.289. The van der Waals surface area contributed by atoms with Gasteiger partial charge in [0.1, 0.15) is 12.6 Å². The van der Waals surface area contributed by atoms with Crippen molar-refractivity contribution in [2.24, 2.45) is 29.4 Å². The second kappa shape index (κ2) is 11.1. The number of thiol groups is 1. The summed E-state index contributed by atoms with van der Waals surface area (Å²) >= 11 is 4.13. The molecule has 4 fully saturated rings. The number of carbonyl (C=O) groups excluding carboxylic acids is 2. The Morgan fingerprint density at radius 3 is 2.09 bits per heavy atom. The number of ketones is 1. The van der Waals surface area contributed by atoms with Crippen LogP contribution in [0, 0.1) is 23.7 Å². The molecule has 7 nitrogen and oxygen atoms in total. The van der Waals surface area contributed by atoms with Gasteiger partial charge in [0.25, 0.3) is 0 Å². The van der Waals surface area contributed by atoms with Gasteiger partial charge in [-0.1, -0.05) is 19.1 Å². The van der Waals surface area contributed by atoms with Crippen molar-refractivity contribution in [2.45, 2.75) is 64.0 Å². The Bertz CT molecular complexity index is 870. The Morgan fingerprint density at radius 2 is 1.65 bits per heavy atom. The first-order valence-corrected chi connectivity index (χ1v) is 12.8. The van der Waals surface area contributed by atoms with Gasteiger partial charge in [0.2, 0.25) is 0 Å². The smallest absolute Gasteiger partial charge is 0.328 e. The minimum atomic E-state index is -1.11. The molecule has 2 unspecified atom stereocenters. The number of carbonyl (C=O) groups is 3. The normalized spacial score (nSPS) is 28.3. The third kappa shape index (κ3) is 6.13. The summed E-state index contributed by atoms with van der Waals surface area (Å²) in [4.78, 5) is 36.9. The van der Waals surface area contributed by atoms with Crippen LogP contribution >= 0.6 is 12.6 Å².